The molecule has 1 atom stereocenters. The molecule has 0 aromatic heterocycles. The van der Waals surface area contributed by atoms with Crippen LogP contribution in [-0.4, -0.2) is 31.1 Å². The lowest BCUT2D eigenvalue weighted by molar-refractivity contribution is -0.0511. The second-order valence-electron chi connectivity index (χ2n) is 6.00. The highest BCUT2D eigenvalue weighted by Gasteiger charge is 2.33. The Morgan fingerprint density at radius 2 is 2.04 bits per heavy atom. The van der Waals surface area contributed by atoms with Gasteiger partial charge < -0.3 is 19.7 Å². The maximum absolute atomic E-state index is 12.9. The molecule has 5 nitrogen and oxygen atoms in total. The van der Waals surface area contributed by atoms with Gasteiger partial charge in [-0.2, -0.15) is 8.78 Å². The molecule has 1 aliphatic rings. The fourth-order valence-electron chi connectivity index (χ4n) is 3.13. The van der Waals surface area contributed by atoms with Crippen LogP contribution in [0.5, 0.6) is 11.5 Å². The molecule has 1 N–H and O–H groups in total. The molecule has 1 aliphatic heterocycles. The molecule has 2 aromatic carbocycles. The smallest absolute Gasteiger partial charge is 0.387 e. The predicted octanol–water partition coefficient (Wildman–Crippen LogP) is 4.93. The van der Waals surface area contributed by atoms with Crippen molar-refractivity contribution in [2.24, 2.45) is 0 Å². The Morgan fingerprint density at radius 1 is 1.30 bits per heavy atom. The maximum atomic E-state index is 12.9. The Bertz CT molecular complexity index is 848. The van der Waals surface area contributed by atoms with E-state index < -0.39 is 12.8 Å². The van der Waals surface area contributed by atoms with Crippen LogP contribution in [0.25, 0.3) is 0 Å². The molecule has 0 radical (unpaired) electrons. The maximum Gasteiger partial charge on any atom is 0.387 e. The lowest BCUT2D eigenvalue weighted by Gasteiger charge is -2.38. The van der Waals surface area contributed by atoms with Crippen molar-refractivity contribution in [3.63, 3.8) is 0 Å². The van der Waals surface area contributed by atoms with E-state index in [1.807, 2.05) is 19.1 Å². The van der Waals surface area contributed by atoms with Gasteiger partial charge in [-0.1, -0.05) is 30.7 Å². The molecule has 0 saturated heterocycles. The summed E-state index contributed by atoms with van der Waals surface area (Å²) in [5, 5.41) is 3.30. The number of ether oxygens (including phenoxy) is 2. The summed E-state index contributed by atoms with van der Waals surface area (Å²) < 4.78 is 34.9. The van der Waals surface area contributed by atoms with Crippen molar-refractivity contribution >= 4 is 23.2 Å². The van der Waals surface area contributed by atoms with Crippen molar-refractivity contribution in [1.82, 2.24) is 4.90 Å². The molecule has 0 aliphatic carbocycles. The van der Waals surface area contributed by atoms with Crippen LogP contribution in [0.4, 0.5) is 14.5 Å². The minimum Gasteiger partial charge on any atom is -0.493 e. The summed E-state index contributed by atoms with van der Waals surface area (Å²) in [5.41, 5.74) is 1.88. The van der Waals surface area contributed by atoms with E-state index in [-0.39, 0.29) is 22.4 Å². The van der Waals surface area contributed by atoms with E-state index in [0.717, 1.165) is 6.42 Å². The summed E-state index contributed by atoms with van der Waals surface area (Å²) in [7, 11) is 1.34. The van der Waals surface area contributed by atoms with Gasteiger partial charge in [0.05, 0.1) is 17.7 Å². The van der Waals surface area contributed by atoms with Crippen molar-refractivity contribution in [3.8, 4) is 11.5 Å². The van der Waals surface area contributed by atoms with Crippen molar-refractivity contribution in [3.05, 3.63) is 52.5 Å². The summed E-state index contributed by atoms with van der Waals surface area (Å²) >= 11 is 6.17. The number of anilines is 1. The van der Waals surface area contributed by atoms with Crippen LogP contribution < -0.4 is 14.8 Å². The summed E-state index contributed by atoms with van der Waals surface area (Å²) in [4.78, 5) is 14.6. The van der Waals surface area contributed by atoms with E-state index >= 15 is 0 Å². The Kier molecular flexibility index (Phi) is 5.70. The monoisotopic (exact) mass is 396 g/mol. The number of nitrogens with zero attached hydrogens (tertiary/aromatic N) is 1. The highest BCUT2D eigenvalue weighted by atomic mass is 35.5. The predicted molar refractivity (Wildman–Crippen MR) is 98.8 cm³/mol. The quantitative estimate of drug-likeness (QED) is 0.752. The number of methoxy groups -OCH3 is 1. The van der Waals surface area contributed by atoms with E-state index in [4.69, 9.17) is 16.3 Å². The van der Waals surface area contributed by atoms with Crippen LogP contribution in [0, 0.1) is 0 Å². The number of para-hydroxylation sites is 1. The van der Waals surface area contributed by atoms with Crippen molar-refractivity contribution in [1.29, 1.82) is 0 Å². The van der Waals surface area contributed by atoms with E-state index in [1.54, 1.807) is 23.1 Å². The van der Waals surface area contributed by atoms with Gasteiger partial charge in [0.2, 0.25) is 0 Å². The minimum atomic E-state index is -3.03. The number of hydrogen-bond donors (Lipinski definition) is 1. The van der Waals surface area contributed by atoms with E-state index in [0.29, 0.717) is 23.4 Å². The van der Waals surface area contributed by atoms with Crippen molar-refractivity contribution in [2.45, 2.75) is 26.1 Å². The summed E-state index contributed by atoms with van der Waals surface area (Å²) in [6.45, 7) is -0.544. The molecule has 0 bridgehead atoms. The van der Waals surface area contributed by atoms with Gasteiger partial charge in [-0.3, -0.25) is 4.79 Å². The molecular weight excluding hydrogens is 378 g/mol. The molecule has 144 valence electrons. The summed E-state index contributed by atoms with van der Waals surface area (Å²) in [5.74, 6) is -0.274. The summed E-state index contributed by atoms with van der Waals surface area (Å²) in [6.07, 6.45) is 0.239. The van der Waals surface area contributed by atoms with Gasteiger partial charge in [0.15, 0.2) is 11.5 Å². The van der Waals surface area contributed by atoms with Gasteiger partial charge in [0, 0.05) is 17.8 Å². The molecule has 2 aromatic rings. The number of alkyl halides is 2. The lowest BCUT2D eigenvalue weighted by atomic mass is 10.0. The van der Waals surface area contributed by atoms with Gasteiger partial charge in [0.25, 0.3) is 5.91 Å². The fraction of sp³-hybridized carbons (Fsp3) is 0.316. The zero-order valence-electron chi connectivity index (χ0n) is 14.8. The molecular formula is C19H19ClF2N2O3. The third kappa shape index (κ3) is 3.78. The average molecular weight is 397 g/mol. The summed E-state index contributed by atoms with van der Waals surface area (Å²) in [6, 6.07) is 10.3. The van der Waals surface area contributed by atoms with Crippen molar-refractivity contribution in [2.75, 3.05) is 19.0 Å². The average Bonchev–Trinajstić information content (AvgIpc) is 2.65. The number of amides is 1. The Labute approximate surface area is 160 Å². The third-order valence-corrected chi connectivity index (χ3v) is 4.54. The first-order chi connectivity index (χ1) is 13.0. The van der Waals surface area contributed by atoms with E-state index in [2.05, 4.69) is 10.1 Å². The first kappa shape index (κ1) is 19.2. The molecule has 0 saturated carbocycles. The Morgan fingerprint density at radius 3 is 2.70 bits per heavy atom. The van der Waals surface area contributed by atoms with Crippen LogP contribution in [0.2, 0.25) is 5.02 Å². The first-order valence-corrected chi connectivity index (χ1v) is 8.82. The molecule has 0 fully saturated rings. The highest BCUT2D eigenvalue weighted by Crippen LogP contribution is 2.41. The number of carbonyl (C=O) groups excluding carboxylic acids is 1. The van der Waals surface area contributed by atoms with E-state index in [1.165, 1.54) is 13.2 Å². The van der Waals surface area contributed by atoms with Crippen LogP contribution in [0.3, 0.4) is 0 Å². The SMILES string of the molecule is CCCN1C(=O)c2ccccc2N[C@@H]1c1cc(Cl)c(OC(F)F)c(OC)c1. The number of carbonyl (C=O) groups is 1. The Hall–Kier alpha value is -2.54. The molecule has 3 rings (SSSR count). The standard InChI is InChI=1S/C19H19ClF2N2O3/c1-3-8-24-17(23-14-7-5-4-6-12(14)18(24)25)11-9-13(20)16(27-19(21)22)15(10-11)26-2/h4-7,9-10,17,19,23H,3,8H2,1-2H3/t17-/m0/s1. The molecule has 1 heterocycles. The van der Waals surface area contributed by atoms with Crippen LogP contribution in [-0.2, 0) is 0 Å². The van der Waals surface area contributed by atoms with Crippen LogP contribution >= 0.6 is 11.6 Å². The highest BCUT2D eigenvalue weighted by molar-refractivity contribution is 6.32. The van der Waals surface area contributed by atoms with Gasteiger partial charge in [-0.05, 0) is 30.7 Å². The molecule has 1 amide bonds. The number of fused-ring (bicyclic) bond motifs is 1. The minimum absolute atomic E-state index is 0.0193. The first-order valence-electron chi connectivity index (χ1n) is 8.45. The normalized spacial score (nSPS) is 16.1. The molecule has 8 heteroatoms. The number of hydrogen-bond acceptors (Lipinski definition) is 4. The van der Waals surface area contributed by atoms with E-state index in [9.17, 15) is 13.6 Å². The molecule has 0 unspecified atom stereocenters. The number of nitrogens with one attached hydrogen (secondary N) is 1. The lowest BCUT2D eigenvalue weighted by Crippen LogP contribution is -2.43. The molecule has 0 spiro atoms. The second kappa shape index (κ2) is 8.00. The van der Waals surface area contributed by atoms with Crippen LogP contribution in [0.15, 0.2) is 36.4 Å². The van der Waals surface area contributed by atoms with Crippen molar-refractivity contribution < 1.29 is 23.0 Å². The van der Waals surface area contributed by atoms with Gasteiger partial charge in [-0.25, -0.2) is 0 Å². The molecule has 27 heavy (non-hydrogen) atoms. The number of rotatable bonds is 6. The third-order valence-electron chi connectivity index (χ3n) is 4.26. The van der Waals surface area contributed by atoms with Gasteiger partial charge in [0.1, 0.15) is 6.17 Å². The second-order valence-corrected chi connectivity index (χ2v) is 6.41. The largest absolute Gasteiger partial charge is 0.493 e. The van der Waals surface area contributed by atoms with Gasteiger partial charge >= 0.3 is 6.61 Å². The zero-order valence-corrected chi connectivity index (χ0v) is 15.6. The van der Waals surface area contributed by atoms with Crippen LogP contribution in [0.1, 0.15) is 35.4 Å². The zero-order chi connectivity index (χ0) is 19.6. The fourth-order valence-corrected chi connectivity index (χ4v) is 3.39. The van der Waals surface area contributed by atoms with Gasteiger partial charge in [-0.15, -0.1) is 0 Å². The topological polar surface area (TPSA) is 50.8 Å². The Balaban J connectivity index is 2.05. The number of benzene rings is 2. The number of halogens is 3.